The zero-order valence-electron chi connectivity index (χ0n) is 18.9. The maximum absolute atomic E-state index is 12.7. The second-order valence-electron chi connectivity index (χ2n) is 7.46. The van der Waals surface area contributed by atoms with Gasteiger partial charge in [-0.2, -0.15) is 5.26 Å². The van der Waals surface area contributed by atoms with Crippen molar-refractivity contribution in [1.29, 1.82) is 5.26 Å². The largest absolute Gasteiger partial charge is 0.325 e. The molecule has 0 aliphatic heterocycles. The second-order valence-corrected chi connectivity index (χ2v) is 10.5. The van der Waals surface area contributed by atoms with E-state index in [2.05, 4.69) is 33.0 Å². The second kappa shape index (κ2) is 11.6. The number of anilines is 2. The Balaban J connectivity index is 1.65. The lowest BCUT2D eigenvalue weighted by Gasteiger charge is -2.13. The lowest BCUT2D eigenvalue weighted by Crippen LogP contribution is -2.22. The normalized spacial score (nSPS) is 11.9. The number of hydrogen-bond acceptors (Lipinski definition) is 7. The molecule has 2 heterocycles. The highest BCUT2D eigenvalue weighted by molar-refractivity contribution is 8.00. The third kappa shape index (κ3) is 6.79. The Morgan fingerprint density at radius 3 is 2.56 bits per heavy atom. The first kappa shape index (κ1) is 25.2. The Bertz CT molecular complexity index is 1270. The predicted molar refractivity (Wildman–Crippen MR) is 133 cm³/mol. The first-order valence-corrected chi connectivity index (χ1v) is 13.1. The van der Waals surface area contributed by atoms with E-state index in [0.717, 1.165) is 25.0 Å². The van der Waals surface area contributed by atoms with Gasteiger partial charge in [0.15, 0.2) is 0 Å². The monoisotopic (exact) mass is 495 g/mol. The first-order valence-electron chi connectivity index (χ1n) is 10.7. The van der Waals surface area contributed by atoms with E-state index in [-0.39, 0.29) is 16.6 Å². The fourth-order valence-electron chi connectivity index (χ4n) is 2.95. The number of unbranched alkanes of at least 4 members (excludes halogenated alkanes) is 1. The number of sulfonamides is 1. The fraction of sp³-hybridized carbons (Fsp3) is 0.250. The van der Waals surface area contributed by atoms with Crippen molar-refractivity contribution in [3.8, 4) is 6.07 Å². The number of aryl methyl sites for hydroxylation is 1. The van der Waals surface area contributed by atoms with E-state index < -0.39 is 15.3 Å². The van der Waals surface area contributed by atoms with Crippen molar-refractivity contribution >= 4 is 39.2 Å². The molecule has 2 aromatic heterocycles. The number of nitriles is 1. The molecule has 0 bridgehead atoms. The highest BCUT2D eigenvalue weighted by atomic mass is 32.2. The maximum Gasteiger partial charge on any atom is 0.263 e. The molecule has 10 heteroatoms. The summed E-state index contributed by atoms with van der Waals surface area (Å²) in [5.41, 5.74) is 1.78. The number of aromatic nitrogens is 2. The van der Waals surface area contributed by atoms with Crippen molar-refractivity contribution in [2.24, 2.45) is 0 Å². The Morgan fingerprint density at radius 2 is 1.91 bits per heavy atom. The third-order valence-electron chi connectivity index (χ3n) is 4.82. The van der Waals surface area contributed by atoms with Crippen molar-refractivity contribution in [3.05, 3.63) is 72.1 Å². The highest BCUT2D eigenvalue weighted by Gasteiger charge is 2.19. The molecule has 0 spiro atoms. The minimum Gasteiger partial charge on any atom is -0.325 e. The summed E-state index contributed by atoms with van der Waals surface area (Å²) >= 11 is 1.22. The average Bonchev–Trinajstić information content (AvgIpc) is 2.83. The zero-order chi connectivity index (χ0) is 24.6. The van der Waals surface area contributed by atoms with Crippen LogP contribution in [-0.4, -0.2) is 29.5 Å². The number of nitrogens with zero attached hydrogens (tertiary/aromatic N) is 3. The van der Waals surface area contributed by atoms with Crippen LogP contribution < -0.4 is 10.0 Å². The summed E-state index contributed by atoms with van der Waals surface area (Å²) < 4.78 is 27.5. The van der Waals surface area contributed by atoms with E-state index in [1.165, 1.54) is 42.2 Å². The molecule has 3 rings (SSSR count). The lowest BCUT2D eigenvalue weighted by atomic mass is 10.2. The highest BCUT2D eigenvalue weighted by Crippen LogP contribution is 2.27. The molecule has 3 aromatic rings. The van der Waals surface area contributed by atoms with Crippen LogP contribution in [0, 0.1) is 11.3 Å². The van der Waals surface area contributed by atoms with Crippen LogP contribution in [0.15, 0.2) is 70.7 Å². The van der Waals surface area contributed by atoms with Gasteiger partial charge < -0.3 is 5.32 Å². The zero-order valence-corrected chi connectivity index (χ0v) is 20.5. The van der Waals surface area contributed by atoms with Gasteiger partial charge in [0.05, 0.1) is 15.7 Å². The molecule has 0 saturated heterocycles. The van der Waals surface area contributed by atoms with Gasteiger partial charge in [0.1, 0.15) is 16.9 Å². The molecule has 8 nitrogen and oxygen atoms in total. The van der Waals surface area contributed by atoms with Gasteiger partial charge in [-0.15, -0.1) is 0 Å². The van der Waals surface area contributed by atoms with Gasteiger partial charge in [0, 0.05) is 17.6 Å². The Kier molecular flexibility index (Phi) is 8.62. The van der Waals surface area contributed by atoms with Gasteiger partial charge in [-0.05, 0) is 68.3 Å². The summed E-state index contributed by atoms with van der Waals surface area (Å²) in [7, 11) is -3.80. The van der Waals surface area contributed by atoms with Gasteiger partial charge in [0.25, 0.3) is 10.0 Å². The number of hydrogen-bond donors (Lipinski definition) is 2. The first-order chi connectivity index (χ1) is 16.3. The maximum atomic E-state index is 12.7. The molecule has 1 amide bonds. The van der Waals surface area contributed by atoms with Crippen molar-refractivity contribution < 1.29 is 13.2 Å². The van der Waals surface area contributed by atoms with E-state index in [4.69, 9.17) is 0 Å². The van der Waals surface area contributed by atoms with Crippen LogP contribution in [0.4, 0.5) is 11.5 Å². The SMILES string of the molecule is CCCCc1ccc(C#N)c(SC(C)C(=O)Nc2ccc(S(=O)(=O)Nc3ccccn3)cc2)n1. The van der Waals surface area contributed by atoms with E-state index in [1.807, 2.05) is 6.07 Å². The molecule has 1 atom stereocenters. The summed E-state index contributed by atoms with van der Waals surface area (Å²) in [5.74, 6) is -0.0632. The smallest absolute Gasteiger partial charge is 0.263 e. The van der Waals surface area contributed by atoms with Crippen LogP contribution in [0.1, 0.15) is 37.9 Å². The molecule has 1 aromatic carbocycles. The van der Waals surface area contributed by atoms with Crippen LogP contribution >= 0.6 is 11.8 Å². The van der Waals surface area contributed by atoms with Crippen LogP contribution in [0.5, 0.6) is 0 Å². The summed E-state index contributed by atoms with van der Waals surface area (Å²) in [6, 6.07) is 16.5. The standard InChI is InChI=1S/C24H25N5O3S2/c1-3-4-7-19-10-9-18(16-25)24(28-19)33-17(2)23(30)27-20-11-13-21(14-12-20)34(31,32)29-22-8-5-6-15-26-22/h5-6,8-15,17H,3-4,7H2,1-2H3,(H,26,29)(H,27,30). The summed E-state index contributed by atoms with van der Waals surface area (Å²) in [6.45, 7) is 3.84. The third-order valence-corrected chi connectivity index (χ3v) is 7.29. The van der Waals surface area contributed by atoms with Crippen LogP contribution in [0.25, 0.3) is 0 Å². The number of carbonyl (C=O) groups excluding carboxylic acids is 1. The molecule has 34 heavy (non-hydrogen) atoms. The molecule has 1 unspecified atom stereocenters. The number of pyridine rings is 2. The van der Waals surface area contributed by atoms with Crippen molar-refractivity contribution in [2.75, 3.05) is 10.0 Å². The van der Waals surface area contributed by atoms with Crippen LogP contribution in [0.3, 0.4) is 0 Å². The van der Waals surface area contributed by atoms with E-state index >= 15 is 0 Å². The molecular formula is C24H25N5O3S2. The van der Waals surface area contributed by atoms with Gasteiger partial charge >= 0.3 is 0 Å². The van der Waals surface area contributed by atoms with Gasteiger partial charge in [-0.25, -0.2) is 18.4 Å². The van der Waals surface area contributed by atoms with Crippen molar-refractivity contribution in [2.45, 2.75) is 48.3 Å². The number of amides is 1. The van der Waals surface area contributed by atoms with Crippen LogP contribution in [-0.2, 0) is 21.2 Å². The summed E-state index contributed by atoms with van der Waals surface area (Å²) in [6.07, 6.45) is 4.36. The minimum atomic E-state index is -3.80. The van der Waals surface area contributed by atoms with Gasteiger partial charge in [0.2, 0.25) is 5.91 Å². The molecule has 0 fully saturated rings. The van der Waals surface area contributed by atoms with Crippen molar-refractivity contribution in [1.82, 2.24) is 9.97 Å². The Morgan fingerprint density at radius 1 is 1.15 bits per heavy atom. The molecule has 0 radical (unpaired) electrons. The number of benzene rings is 1. The number of rotatable bonds is 10. The minimum absolute atomic E-state index is 0.0466. The summed E-state index contributed by atoms with van der Waals surface area (Å²) in [5, 5.41) is 12.2. The Labute approximate surface area is 203 Å². The van der Waals surface area contributed by atoms with E-state index in [0.29, 0.717) is 16.3 Å². The van der Waals surface area contributed by atoms with E-state index in [1.54, 1.807) is 31.2 Å². The quantitative estimate of drug-likeness (QED) is 0.393. The fourth-order valence-corrected chi connectivity index (χ4v) is 4.87. The molecular weight excluding hydrogens is 470 g/mol. The molecule has 0 aliphatic carbocycles. The molecule has 0 saturated carbocycles. The molecule has 176 valence electrons. The van der Waals surface area contributed by atoms with Crippen molar-refractivity contribution in [3.63, 3.8) is 0 Å². The topological polar surface area (TPSA) is 125 Å². The average molecular weight is 496 g/mol. The number of nitrogens with one attached hydrogen (secondary N) is 2. The predicted octanol–water partition coefficient (Wildman–Crippen LogP) is 4.61. The van der Waals surface area contributed by atoms with Gasteiger partial charge in [-0.3, -0.25) is 9.52 Å². The summed E-state index contributed by atoms with van der Waals surface area (Å²) in [4.78, 5) is 21.3. The Hall–Kier alpha value is -3.42. The van der Waals surface area contributed by atoms with Crippen LogP contribution in [0.2, 0.25) is 0 Å². The lowest BCUT2D eigenvalue weighted by molar-refractivity contribution is -0.115. The molecule has 2 N–H and O–H groups in total. The van der Waals surface area contributed by atoms with E-state index in [9.17, 15) is 18.5 Å². The molecule has 0 aliphatic rings. The number of carbonyl (C=O) groups is 1. The number of thioether (sulfide) groups is 1. The van der Waals surface area contributed by atoms with Gasteiger partial charge in [-0.1, -0.05) is 31.2 Å².